The number of nitrogens with zero attached hydrogens (tertiary/aromatic N) is 1. The third-order valence-electron chi connectivity index (χ3n) is 3.40. The lowest BCUT2D eigenvalue weighted by molar-refractivity contribution is -0.145. The summed E-state index contributed by atoms with van der Waals surface area (Å²) in [5, 5.41) is 9.77. The molecule has 0 bridgehead atoms. The van der Waals surface area contributed by atoms with Crippen LogP contribution in [0.4, 0.5) is 0 Å². The summed E-state index contributed by atoms with van der Waals surface area (Å²) in [5.74, 6) is -0.918. The molecule has 0 aromatic heterocycles. The highest BCUT2D eigenvalue weighted by Gasteiger charge is 2.21. The molecular weight excluding hydrogens is 301 g/mol. The molecule has 0 unspecified atom stereocenters. The van der Waals surface area contributed by atoms with E-state index >= 15 is 0 Å². The van der Waals surface area contributed by atoms with Crippen LogP contribution in [-0.4, -0.2) is 41.8 Å². The second-order valence-corrected chi connectivity index (χ2v) is 5.68. The number of carbonyl (C=O) groups is 1. The fourth-order valence-corrected chi connectivity index (χ4v) is 2.71. The smallest absolute Gasteiger partial charge is 0.329 e. The fraction of sp³-hybridized carbons (Fsp3) is 0.500. The monoisotopic (exact) mass is 317 g/mol. The van der Waals surface area contributed by atoms with E-state index in [1.807, 2.05) is 12.1 Å². The number of piperidine rings is 1. The molecule has 2 rings (SSSR count). The molecule has 1 N–H and O–H groups in total. The summed E-state index contributed by atoms with van der Waals surface area (Å²) in [7, 11) is 0. The van der Waals surface area contributed by atoms with Crippen molar-refractivity contribution in [3.8, 4) is 0 Å². The van der Waals surface area contributed by atoms with Crippen LogP contribution in [0.2, 0.25) is 10.0 Å². The molecule has 0 amide bonds. The topological polar surface area (TPSA) is 49.8 Å². The van der Waals surface area contributed by atoms with Gasteiger partial charge in [0.25, 0.3) is 0 Å². The zero-order chi connectivity index (χ0) is 14.5. The quantitative estimate of drug-likeness (QED) is 0.906. The van der Waals surface area contributed by atoms with E-state index < -0.39 is 5.97 Å². The lowest BCUT2D eigenvalue weighted by atomic mass is 10.1. The highest BCUT2D eigenvalue weighted by Crippen LogP contribution is 2.27. The molecule has 0 spiro atoms. The summed E-state index contributed by atoms with van der Waals surface area (Å²) in [6, 6.07) is 5.65. The van der Waals surface area contributed by atoms with Gasteiger partial charge in [0.2, 0.25) is 0 Å². The number of likely N-dealkylation sites (tertiary alicyclic amines) is 1. The second kappa shape index (κ2) is 7.27. The molecule has 4 nitrogen and oxygen atoms in total. The lowest BCUT2D eigenvalue weighted by Crippen LogP contribution is -2.37. The molecule has 0 radical (unpaired) electrons. The average molecular weight is 318 g/mol. The van der Waals surface area contributed by atoms with Crippen molar-refractivity contribution in [3.63, 3.8) is 0 Å². The summed E-state index contributed by atoms with van der Waals surface area (Å²) in [4.78, 5) is 12.7. The Balaban J connectivity index is 1.82. The Morgan fingerprint density at radius 2 is 2.05 bits per heavy atom. The fourth-order valence-electron chi connectivity index (χ4n) is 2.33. The summed E-state index contributed by atoms with van der Waals surface area (Å²) >= 11 is 12.2. The molecule has 20 heavy (non-hydrogen) atoms. The molecule has 0 saturated carbocycles. The normalized spacial score (nSPS) is 17.3. The van der Waals surface area contributed by atoms with Gasteiger partial charge in [-0.1, -0.05) is 35.3 Å². The maximum absolute atomic E-state index is 10.5. The van der Waals surface area contributed by atoms with Crippen molar-refractivity contribution in [2.45, 2.75) is 25.5 Å². The average Bonchev–Trinajstić information content (AvgIpc) is 2.43. The SMILES string of the molecule is O=C(O)COC1CCN(Cc2cccc(Cl)c2Cl)CC1. The van der Waals surface area contributed by atoms with Crippen molar-refractivity contribution in [1.29, 1.82) is 0 Å². The number of rotatable bonds is 5. The highest BCUT2D eigenvalue weighted by atomic mass is 35.5. The molecule has 0 atom stereocenters. The van der Waals surface area contributed by atoms with E-state index in [2.05, 4.69) is 4.90 Å². The first-order chi connectivity index (χ1) is 9.56. The van der Waals surface area contributed by atoms with Crippen molar-refractivity contribution in [1.82, 2.24) is 4.90 Å². The predicted molar refractivity (Wildman–Crippen MR) is 78.3 cm³/mol. The minimum Gasteiger partial charge on any atom is -0.480 e. The van der Waals surface area contributed by atoms with Gasteiger partial charge in [0.15, 0.2) is 0 Å². The number of carboxylic acid groups (broad SMARTS) is 1. The van der Waals surface area contributed by atoms with Crippen LogP contribution in [0.1, 0.15) is 18.4 Å². The summed E-state index contributed by atoms with van der Waals surface area (Å²) in [6.45, 7) is 2.27. The largest absolute Gasteiger partial charge is 0.480 e. The van der Waals surface area contributed by atoms with Crippen molar-refractivity contribution < 1.29 is 14.6 Å². The number of ether oxygens (including phenoxy) is 1. The van der Waals surface area contributed by atoms with E-state index in [0.717, 1.165) is 38.0 Å². The minimum absolute atomic E-state index is 0.0391. The van der Waals surface area contributed by atoms with Crippen molar-refractivity contribution in [2.24, 2.45) is 0 Å². The van der Waals surface area contributed by atoms with Gasteiger partial charge in [-0.2, -0.15) is 0 Å². The van der Waals surface area contributed by atoms with Crippen LogP contribution in [0.15, 0.2) is 18.2 Å². The van der Waals surface area contributed by atoms with Gasteiger partial charge < -0.3 is 9.84 Å². The molecule has 1 saturated heterocycles. The van der Waals surface area contributed by atoms with Gasteiger partial charge in [-0.15, -0.1) is 0 Å². The highest BCUT2D eigenvalue weighted by molar-refractivity contribution is 6.42. The summed E-state index contributed by atoms with van der Waals surface area (Å²) < 4.78 is 5.31. The van der Waals surface area contributed by atoms with Crippen molar-refractivity contribution in [2.75, 3.05) is 19.7 Å². The Kier molecular flexibility index (Phi) is 5.66. The maximum Gasteiger partial charge on any atom is 0.329 e. The molecule has 6 heteroatoms. The van der Waals surface area contributed by atoms with Gasteiger partial charge in [0, 0.05) is 19.6 Å². The van der Waals surface area contributed by atoms with Crippen LogP contribution in [0.3, 0.4) is 0 Å². The van der Waals surface area contributed by atoms with Gasteiger partial charge in [0.1, 0.15) is 6.61 Å². The first-order valence-corrected chi connectivity index (χ1v) is 7.30. The first kappa shape index (κ1) is 15.6. The van der Waals surface area contributed by atoms with Crippen LogP contribution in [0, 0.1) is 0 Å². The van der Waals surface area contributed by atoms with Gasteiger partial charge >= 0.3 is 5.97 Å². The van der Waals surface area contributed by atoms with Crippen LogP contribution in [-0.2, 0) is 16.1 Å². The van der Waals surface area contributed by atoms with E-state index in [1.54, 1.807) is 6.07 Å². The Morgan fingerprint density at radius 1 is 1.35 bits per heavy atom. The number of hydrogen-bond donors (Lipinski definition) is 1. The molecule has 1 aromatic carbocycles. The number of benzene rings is 1. The minimum atomic E-state index is -0.918. The molecular formula is C14H17Cl2NO3. The first-order valence-electron chi connectivity index (χ1n) is 6.55. The molecule has 1 heterocycles. The molecule has 110 valence electrons. The van der Waals surface area contributed by atoms with E-state index in [1.165, 1.54) is 0 Å². The summed E-state index contributed by atoms with van der Waals surface area (Å²) in [6.07, 6.45) is 1.72. The van der Waals surface area contributed by atoms with Crippen molar-refractivity contribution in [3.05, 3.63) is 33.8 Å². The van der Waals surface area contributed by atoms with E-state index in [4.69, 9.17) is 33.0 Å². The van der Waals surface area contributed by atoms with Crippen molar-refractivity contribution >= 4 is 29.2 Å². The van der Waals surface area contributed by atoms with Crippen LogP contribution in [0.5, 0.6) is 0 Å². The Morgan fingerprint density at radius 3 is 2.70 bits per heavy atom. The molecule has 1 aliphatic rings. The van der Waals surface area contributed by atoms with Gasteiger partial charge in [0.05, 0.1) is 16.1 Å². The number of aliphatic carboxylic acids is 1. The van der Waals surface area contributed by atoms with E-state index in [-0.39, 0.29) is 12.7 Å². The van der Waals surface area contributed by atoms with E-state index in [0.29, 0.717) is 10.0 Å². The zero-order valence-corrected chi connectivity index (χ0v) is 12.5. The zero-order valence-electron chi connectivity index (χ0n) is 11.0. The summed E-state index contributed by atoms with van der Waals surface area (Å²) in [5.41, 5.74) is 1.02. The van der Waals surface area contributed by atoms with Gasteiger partial charge in [-0.25, -0.2) is 4.79 Å². The van der Waals surface area contributed by atoms with Crippen LogP contribution < -0.4 is 0 Å². The number of halogens is 2. The second-order valence-electron chi connectivity index (χ2n) is 4.89. The predicted octanol–water partition coefficient (Wildman–Crippen LogP) is 3.06. The molecule has 1 aromatic rings. The van der Waals surface area contributed by atoms with Gasteiger partial charge in [-0.05, 0) is 24.5 Å². The maximum atomic E-state index is 10.5. The number of carboxylic acids is 1. The third kappa shape index (κ3) is 4.35. The molecule has 0 aliphatic carbocycles. The van der Waals surface area contributed by atoms with Gasteiger partial charge in [-0.3, -0.25) is 4.90 Å². The molecule has 1 fully saturated rings. The van der Waals surface area contributed by atoms with Crippen LogP contribution >= 0.6 is 23.2 Å². The lowest BCUT2D eigenvalue weighted by Gasteiger charge is -2.31. The van der Waals surface area contributed by atoms with Crippen LogP contribution in [0.25, 0.3) is 0 Å². The number of hydrogen-bond acceptors (Lipinski definition) is 3. The standard InChI is InChI=1S/C14H17Cl2NO3/c15-12-3-1-2-10(14(12)16)8-17-6-4-11(5-7-17)20-9-13(18)19/h1-3,11H,4-9H2,(H,18,19). The Bertz CT molecular complexity index is 473. The Labute approximate surface area is 128 Å². The molecule has 1 aliphatic heterocycles. The van der Waals surface area contributed by atoms with E-state index in [9.17, 15) is 4.79 Å². The Hall–Kier alpha value is -0.810. The third-order valence-corrected chi connectivity index (χ3v) is 4.26.